The Bertz CT molecular complexity index is 673. The molecule has 1 fully saturated rings. The highest BCUT2D eigenvalue weighted by atomic mass is 16.5. The fourth-order valence-corrected chi connectivity index (χ4v) is 3.02. The first-order valence-corrected chi connectivity index (χ1v) is 8.38. The summed E-state index contributed by atoms with van der Waals surface area (Å²) in [5.41, 5.74) is 1.02. The van der Waals surface area contributed by atoms with Gasteiger partial charge in [0.15, 0.2) is 0 Å². The van der Waals surface area contributed by atoms with Gasteiger partial charge in [0, 0.05) is 45.1 Å². The minimum Gasteiger partial charge on any atom is -0.497 e. The van der Waals surface area contributed by atoms with E-state index >= 15 is 0 Å². The highest BCUT2D eigenvalue weighted by molar-refractivity contribution is 5.79. The maximum Gasteiger partial charge on any atom is 0.227 e. The van der Waals surface area contributed by atoms with Gasteiger partial charge in [-0.15, -0.1) is 0 Å². The van der Waals surface area contributed by atoms with Crippen LogP contribution in [0.2, 0.25) is 0 Å². The second-order valence-electron chi connectivity index (χ2n) is 5.91. The number of hydrogen-bond acceptors (Lipinski definition) is 4. The van der Waals surface area contributed by atoms with Gasteiger partial charge < -0.3 is 19.1 Å². The van der Waals surface area contributed by atoms with E-state index in [0.717, 1.165) is 50.0 Å². The zero-order chi connectivity index (χ0) is 16.9. The number of amides is 1. The molecule has 3 rings (SSSR count). The molecule has 0 atom stereocenters. The van der Waals surface area contributed by atoms with Gasteiger partial charge in [0.1, 0.15) is 5.75 Å². The Hall–Kier alpha value is -2.50. The van der Waals surface area contributed by atoms with Gasteiger partial charge in [0.25, 0.3) is 0 Å². The first-order valence-electron chi connectivity index (χ1n) is 8.38. The summed E-state index contributed by atoms with van der Waals surface area (Å²) in [7, 11) is 1.64. The molecule has 0 saturated carbocycles. The van der Waals surface area contributed by atoms with Crippen LogP contribution in [-0.2, 0) is 17.8 Å². The van der Waals surface area contributed by atoms with Gasteiger partial charge in [-0.2, -0.15) is 0 Å². The molecule has 1 amide bonds. The van der Waals surface area contributed by atoms with Crippen molar-refractivity contribution in [3.63, 3.8) is 0 Å². The van der Waals surface area contributed by atoms with Crippen molar-refractivity contribution in [3.05, 3.63) is 42.2 Å². The average molecular weight is 328 g/mol. The summed E-state index contributed by atoms with van der Waals surface area (Å²) in [5, 5.41) is 0. The van der Waals surface area contributed by atoms with Crippen LogP contribution in [0.4, 0.5) is 5.95 Å². The first-order chi connectivity index (χ1) is 11.7. The van der Waals surface area contributed by atoms with Gasteiger partial charge in [-0.25, -0.2) is 4.98 Å². The number of nitrogens with zero attached hydrogens (tertiary/aromatic N) is 4. The number of carbonyl (C=O) groups is 1. The fourth-order valence-electron chi connectivity index (χ4n) is 3.02. The van der Waals surface area contributed by atoms with Gasteiger partial charge in [0.05, 0.1) is 13.5 Å². The molecule has 0 aliphatic carbocycles. The van der Waals surface area contributed by atoms with Crippen molar-refractivity contribution >= 4 is 11.9 Å². The number of aryl methyl sites for hydroxylation is 1. The van der Waals surface area contributed by atoms with Crippen molar-refractivity contribution < 1.29 is 9.53 Å². The lowest BCUT2D eigenvalue weighted by Gasteiger charge is -2.35. The van der Waals surface area contributed by atoms with E-state index in [2.05, 4.69) is 21.4 Å². The van der Waals surface area contributed by atoms with Crippen molar-refractivity contribution in [2.75, 3.05) is 38.2 Å². The molecule has 0 radical (unpaired) electrons. The van der Waals surface area contributed by atoms with E-state index in [1.54, 1.807) is 7.11 Å². The summed E-state index contributed by atoms with van der Waals surface area (Å²) in [6.07, 6.45) is 4.27. The Morgan fingerprint density at radius 2 is 1.88 bits per heavy atom. The Labute approximate surface area is 142 Å². The van der Waals surface area contributed by atoms with Crippen molar-refractivity contribution in [1.29, 1.82) is 0 Å². The normalized spacial score (nSPS) is 14.8. The number of ether oxygens (including phenoxy) is 1. The number of carbonyl (C=O) groups excluding carboxylic acids is 1. The summed E-state index contributed by atoms with van der Waals surface area (Å²) in [6, 6.07) is 7.69. The van der Waals surface area contributed by atoms with Crippen LogP contribution in [0, 0.1) is 0 Å². The molecule has 1 aromatic carbocycles. The second kappa shape index (κ2) is 7.38. The highest BCUT2D eigenvalue weighted by Gasteiger charge is 2.23. The highest BCUT2D eigenvalue weighted by Crippen LogP contribution is 2.16. The average Bonchev–Trinajstić information content (AvgIpc) is 3.11. The summed E-state index contributed by atoms with van der Waals surface area (Å²) in [4.78, 5) is 21.1. The monoisotopic (exact) mass is 328 g/mol. The molecule has 2 aromatic rings. The maximum absolute atomic E-state index is 12.5. The predicted octanol–water partition coefficient (Wildman–Crippen LogP) is 1.80. The predicted molar refractivity (Wildman–Crippen MR) is 93.4 cm³/mol. The third-order valence-electron chi connectivity index (χ3n) is 4.46. The van der Waals surface area contributed by atoms with Crippen molar-refractivity contribution in [2.24, 2.45) is 0 Å². The SMILES string of the molecule is CCn1ccnc1N1CCN(C(=O)Cc2ccc(OC)cc2)CC1. The van der Waals surface area contributed by atoms with Gasteiger partial charge in [-0.1, -0.05) is 12.1 Å². The third kappa shape index (κ3) is 3.53. The van der Waals surface area contributed by atoms with Crippen LogP contribution in [0.25, 0.3) is 0 Å². The molecule has 1 aliphatic heterocycles. The standard InChI is InChI=1S/C18H24N4O2/c1-3-20-9-8-19-18(20)22-12-10-21(11-13-22)17(23)14-15-4-6-16(24-2)7-5-15/h4-9H,3,10-14H2,1-2H3. The van der Waals surface area contributed by atoms with Crippen LogP contribution in [0.3, 0.4) is 0 Å². The molecule has 0 N–H and O–H groups in total. The van der Waals surface area contributed by atoms with E-state index in [1.165, 1.54) is 0 Å². The van der Waals surface area contributed by atoms with E-state index in [9.17, 15) is 4.79 Å². The Morgan fingerprint density at radius 1 is 1.17 bits per heavy atom. The number of piperazine rings is 1. The van der Waals surface area contributed by atoms with E-state index in [0.29, 0.717) is 6.42 Å². The van der Waals surface area contributed by atoms with E-state index < -0.39 is 0 Å². The van der Waals surface area contributed by atoms with Crippen LogP contribution in [0.5, 0.6) is 5.75 Å². The molecule has 128 valence electrons. The van der Waals surface area contributed by atoms with Gasteiger partial charge >= 0.3 is 0 Å². The molecule has 1 saturated heterocycles. The fraction of sp³-hybridized carbons (Fsp3) is 0.444. The summed E-state index contributed by atoms with van der Waals surface area (Å²) in [6.45, 7) is 6.15. The van der Waals surface area contributed by atoms with Crippen LogP contribution in [0.15, 0.2) is 36.7 Å². The zero-order valence-electron chi connectivity index (χ0n) is 14.3. The largest absolute Gasteiger partial charge is 0.497 e. The molecule has 2 heterocycles. The van der Waals surface area contributed by atoms with E-state index in [4.69, 9.17) is 4.74 Å². The number of benzene rings is 1. The topological polar surface area (TPSA) is 50.6 Å². The van der Waals surface area contributed by atoms with Crippen LogP contribution < -0.4 is 9.64 Å². The first kappa shape index (κ1) is 16.4. The number of methoxy groups -OCH3 is 1. The van der Waals surface area contributed by atoms with E-state index in [1.807, 2.05) is 41.6 Å². The summed E-state index contributed by atoms with van der Waals surface area (Å²) < 4.78 is 7.28. The molecule has 0 unspecified atom stereocenters. The number of rotatable bonds is 5. The lowest BCUT2D eigenvalue weighted by molar-refractivity contribution is -0.130. The minimum atomic E-state index is 0.179. The number of hydrogen-bond donors (Lipinski definition) is 0. The van der Waals surface area contributed by atoms with Crippen LogP contribution >= 0.6 is 0 Å². The lowest BCUT2D eigenvalue weighted by atomic mass is 10.1. The maximum atomic E-state index is 12.5. The van der Waals surface area contributed by atoms with E-state index in [-0.39, 0.29) is 5.91 Å². The molecule has 1 aromatic heterocycles. The Balaban J connectivity index is 1.55. The molecule has 24 heavy (non-hydrogen) atoms. The molecule has 1 aliphatic rings. The van der Waals surface area contributed by atoms with Crippen molar-refractivity contribution in [1.82, 2.24) is 14.5 Å². The summed E-state index contributed by atoms with van der Waals surface area (Å²) >= 11 is 0. The Morgan fingerprint density at radius 3 is 2.50 bits per heavy atom. The molecule has 0 bridgehead atoms. The minimum absolute atomic E-state index is 0.179. The molecule has 0 spiro atoms. The third-order valence-corrected chi connectivity index (χ3v) is 4.46. The van der Waals surface area contributed by atoms with Crippen LogP contribution in [0.1, 0.15) is 12.5 Å². The Kier molecular flexibility index (Phi) is 5.03. The lowest BCUT2D eigenvalue weighted by Crippen LogP contribution is -2.49. The summed E-state index contributed by atoms with van der Waals surface area (Å²) in [5.74, 6) is 1.99. The van der Waals surface area contributed by atoms with Crippen molar-refractivity contribution in [2.45, 2.75) is 19.9 Å². The molecular formula is C18H24N4O2. The van der Waals surface area contributed by atoms with Gasteiger partial charge in [0.2, 0.25) is 11.9 Å². The number of aromatic nitrogens is 2. The van der Waals surface area contributed by atoms with Crippen molar-refractivity contribution in [3.8, 4) is 5.75 Å². The molecule has 6 heteroatoms. The van der Waals surface area contributed by atoms with Gasteiger partial charge in [-0.05, 0) is 24.6 Å². The zero-order valence-corrected chi connectivity index (χ0v) is 14.3. The van der Waals surface area contributed by atoms with Crippen LogP contribution in [-0.4, -0.2) is 53.6 Å². The second-order valence-corrected chi connectivity index (χ2v) is 5.91. The number of imidazole rings is 1. The smallest absolute Gasteiger partial charge is 0.227 e. The molecule has 6 nitrogen and oxygen atoms in total. The number of anilines is 1. The molecular weight excluding hydrogens is 304 g/mol. The quantitative estimate of drug-likeness (QED) is 0.840. The van der Waals surface area contributed by atoms with Gasteiger partial charge in [-0.3, -0.25) is 4.79 Å².